The molecule has 6 N–H and O–H groups in total. The van der Waals surface area contributed by atoms with E-state index in [1.54, 1.807) is 6.33 Å². The predicted octanol–water partition coefficient (Wildman–Crippen LogP) is 4.55. The minimum atomic E-state index is -5.08. The molecule has 1 aliphatic carbocycles. The Kier molecular flexibility index (Phi) is 13.6. The van der Waals surface area contributed by atoms with E-state index < -0.39 is 36.4 Å². The molecule has 0 spiro atoms. The number of aliphatic hydroxyl groups is 2. The zero-order valence-corrected chi connectivity index (χ0v) is 29.5. The van der Waals surface area contributed by atoms with Crippen molar-refractivity contribution in [1.29, 1.82) is 0 Å². The predicted molar refractivity (Wildman–Crippen MR) is 194 cm³/mol. The molecule has 1 saturated heterocycles. The van der Waals surface area contributed by atoms with E-state index in [9.17, 15) is 28.2 Å². The Labute approximate surface area is 305 Å². The Morgan fingerprint density at radius 2 is 1.55 bits per heavy atom. The number of alkyl halides is 3. The highest BCUT2D eigenvalue weighted by Crippen LogP contribution is 2.35. The van der Waals surface area contributed by atoms with Crippen LogP contribution >= 0.6 is 0 Å². The Morgan fingerprint density at radius 3 is 2.13 bits per heavy atom. The summed E-state index contributed by atoms with van der Waals surface area (Å²) in [6, 6.07) is 19.7. The number of carbonyl (C=O) groups excluding carboxylic acids is 1. The van der Waals surface area contributed by atoms with Crippen molar-refractivity contribution in [1.82, 2.24) is 29.7 Å². The number of fused-ring (bicyclic) bond motifs is 1. The van der Waals surface area contributed by atoms with E-state index in [4.69, 9.17) is 24.9 Å². The van der Waals surface area contributed by atoms with Gasteiger partial charge >= 0.3 is 12.1 Å². The molecule has 0 radical (unpaired) electrons. The number of carboxylic acids is 1. The van der Waals surface area contributed by atoms with Gasteiger partial charge in [-0.3, -0.25) is 4.79 Å². The number of nitrogens with zero attached hydrogens (tertiary/aromatic N) is 5. The molecule has 2 fully saturated rings. The fraction of sp³-hybridized carbons (Fsp3) is 0.486. The number of aromatic nitrogens is 4. The largest absolute Gasteiger partial charge is 0.490 e. The summed E-state index contributed by atoms with van der Waals surface area (Å²) < 4.78 is 33.6. The lowest BCUT2D eigenvalue weighted by Crippen LogP contribution is -2.42. The second kappa shape index (κ2) is 18.3. The smallest absolute Gasteiger partial charge is 0.475 e. The van der Waals surface area contributed by atoms with Crippen molar-refractivity contribution in [2.75, 3.05) is 43.4 Å². The third-order valence-electron chi connectivity index (χ3n) is 9.53. The van der Waals surface area contributed by atoms with Gasteiger partial charge in [0, 0.05) is 32.0 Å². The number of imidazole rings is 1. The summed E-state index contributed by atoms with van der Waals surface area (Å²) >= 11 is 0. The minimum Gasteiger partial charge on any atom is -0.475 e. The van der Waals surface area contributed by atoms with Crippen LogP contribution in [0.3, 0.4) is 0 Å². The summed E-state index contributed by atoms with van der Waals surface area (Å²) in [5.74, 6) is -1.74. The maximum absolute atomic E-state index is 12.3. The Bertz CT molecular complexity index is 1730. The number of anilines is 2. The monoisotopic (exact) mass is 740 g/mol. The van der Waals surface area contributed by atoms with Crippen molar-refractivity contribution in [2.24, 2.45) is 0 Å². The Hall–Kier alpha value is -4.80. The van der Waals surface area contributed by atoms with Gasteiger partial charge in [0.15, 0.2) is 17.0 Å². The van der Waals surface area contributed by atoms with Gasteiger partial charge in [-0.25, -0.2) is 9.78 Å². The number of rotatable bonds is 13. The van der Waals surface area contributed by atoms with Gasteiger partial charge in [0.2, 0.25) is 11.9 Å². The number of hydrogen-bond acceptors (Lipinski definition) is 10. The van der Waals surface area contributed by atoms with Crippen molar-refractivity contribution in [3.05, 3.63) is 78.1 Å². The summed E-state index contributed by atoms with van der Waals surface area (Å²) in [7, 11) is 0. The number of carboxylic acid groups (broad SMARTS) is 1. The van der Waals surface area contributed by atoms with Crippen molar-refractivity contribution in [3.8, 4) is 0 Å². The van der Waals surface area contributed by atoms with Crippen LogP contribution in [-0.2, 0) is 9.59 Å². The molecule has 1 amide bonds. The molecule has 16 heteroatoms. The van der Waals surface area contributed by atoms with E-state index in [0.29, 0.717) is 55.3 Å². The lowest BCUT2D eigenvalue weighted by atomic mass is 9.91. The molecule has 2 aliphatic rings. The molecule has 2 aromatic heterocycles. The van der Waals surface area contributed by atoms with Gasteiger partial charge in [0.05, 0.1) is 18.4 Å². The van der Waals surface area contributed by atoms with E-state index in [0.717, 1.165) is 19.6 Å². The molecule has 2 aromatic carbocycles. The molecule has 13 nitrogen and oxygen atoms in total. The summed E-state index contributed by atoms with van der Waals surface area (Å²) in [5, 5.41) is 39.0. The first-order valence-electron chi connectivity index (χ1n) is 18.0. The van der Waals surface area contributed by atoms with E-state index in [1.165, 1.54) is 30.4 Å². The van der Waals surface area contributed by atoms with Gasteiger partial charge < -0.3 is 40.7 Å². The van der Waals surface area contributed by atoms with Crippen LogP contribution in [-0.4, -0.2) is 109 Å². The van der Waals surface area contributed by atoms with Crippen LogP contribution in [0.2, 0.25) is 0 Å². The topological polar surface area (TPSA) is 178 Å². The maximum Gasteiger partial charge on any atom is 0.490 e. The normalized spacial score (nSPS) is 20.5. The molecule has 0 unspecified atom stereocenters. The number of nitrogens with one attached hydrogen (secondary N) is 3. The second-order valence-electron chi connectivity index (χ2n) is 13.3. The van der Waals surface area contributed by atoms with Crippen LogP contribution in [0.1, 0.15) is 68.5 Å². The van der Waals surface area contributed by atoms with Crippen molar-refractivity contribution < 1.29 is 38.1 Å². The molecule has 286 valence electrons. The SMILES string of the molecule is CCCC(=O)N[C@H]1C[C@@H](n2cnc3c(NCC(c4ccccc4)c4ccccc4)nc(NCCN4CCCCC4)nc32)[C@H](O)[C@@H]1O.O=C(O)C(F)(F)F. The minimum absolute atomic E-state index is 0.0734. The zero-order valence-electron chi connectivity index (χ0n) is 29.5. The number of piperidine rings is 1. The average Bonchev–Trinajstić information content (AvgIpc) is 3.69. The molecule has 4 atom stereocenters. The lowest BCUT2D eigenvalue weighted by molar-refractivity contribution is -0.192. The molecule has 53 heavy (non-hydrogen) atoms. The number of halogens is 3. The number of carbonyl (C=O) groups is 2. The second-order valence-corrected chi connectivity index (χ2v) is 13.3. The van der Waals surface area contributed by atoms with Crippen LogP contribution in [0.15, 0.2) is 67.0 Å². The van der Waals surface area contributed by atoms with E-state index >= 15 is 0 Å². The summed E-state index contributed by atoms with van der Waals surface area (Å²) in [6.45, 7) is 6.34. The molecule has 1 aliphatic heterocycles. The molecule has 0 bridgehead atoms. The molecular formula is C37H47F3N8O5. The number of hydrogen-bond donors (Lipinski definition) is 6. The zero-order chi connectivity index (χ0) is 38.0. The number of amides is 1. The van der Waals surface area contributed by atoms with E-state index in [1.807, 2.05) is 23.6 Å². The first kappa shape index (κ1) is 39.4. The molecular weight excluding hydrogens is 693 g/mol. The number of benzene rings is 2. The van der Waals surface area contributed by atoms with Crippen LogP contribution in [0.5, 0.6) is 0 Å². The molecule has 3 heterocycles. The average molecular weight is 741 g/mol. The summed E-state index contributed by atoms with van der Waals surface area (Å²) in [6.07, 6.45) is -0.413. The molecule has 6 rings (SSSR count). The van der Waals surface area contributed by atoms with E-state index in [2.05, 4.69) is 69.4 Å². The van der Waals surface area contributed by atoms with Crippen LogP contribution in [0.4, 0.5) is 24.9 Å². The number of aliphatic carboxylic acids is 1. The molecule has 1 saturated carbocycles. The maximum atomic E-state index is 12.3. The summed E-state index contributed by atoms with van der Waals surface area (Å²) in [5.41, 5.74) is 3.53. The Morgan fingerprint density at radius 1 is 0.925 bits per heavy atom. The first-order valence-corrected chi connectivity index (χ1v) is 18.0. The highest BCUT2D eigenvalue weighted by molar-refractivity contribution is 5.84. The first-order chi connectivity index (χ1) is 25.5. The third-order valence-corrected chi connectivity index (χ3v) is 9.53. The van der Waals surface area contributed by atoms with Crippen LogP contribution in [0.25, 0.3) is 11.2 Å². The fourth-order valence-corrected chi connectivity index (χ4v) is 6.80. The van der Waals surface area contributed by atoms with E-state index in [-0.39, 0.29) is 11.8 Å². The van der Waals surface area contributed by atoms with Gasteiger partial charge in [0.25, 0.3) is 0 Å². The van der Waals surface area contributed by atoms with Crippen molar-refractivity contribution in [3.63, 3.8) is 0 Å². The van der Waals surface area contributed by atoms with Gasteiger partial charge in [0.1, 0.15) is 12.2 Å². The van der Waals surface area contributed by atoms with Crippen LogP contribution < -0.4 is 16.0 Å². The highest BCUT2D eigenvalue weighted by atomic mass is 19.4. The van der Waals surface area contributed by atoms with Gasteiger partial charge in [-0.05, 0) is 49.9 Å². The number of likely N-dealkylation sites (tertiary alicyclic amines) is 1. The lowest BCUT2D eigenvalue weighted by Gasteiger charge is -2.26. The Balaban J connectivity index is 0.000000705. The quantitative estimate of drug-likeness (QED) is 0.113. The van der Waals surface area contributed by atoms with Gasteiger partial charge in [-0.1, -0.05) is 74.0 Å². The fourth-order valence-electron chi connectivity index (χ4n) is 6.80. The van der Waals surface area contributed by atoms with Gasteiger partial charge in [-0.15, -0.1) is 0 Å². The number of aliphatic hydroxyl groups excluding tert-OH is 2. The summed E-state index contributed by atoms with van der Waals surface area (Å²) in [4.78, 5) is 38.2. The molecule has 4 aromatic rings. The highest BCUT2D eigenvalue weighted by Gasteiger charge is 2.44. The van der Waals surface area contributed by atoms with Crippen molar-refractivity contribution in [2.45, 2.75) is 81.8 Å². The third kappa shape index (κ3) is 10.4. The van der Waals surface area contributed by atoms with Crippen LogP contribution in [0, 0.1) is 0 Å². The van der Waals surface area contributed by atoms with Crippen molar-refractivity contribution >= 4 is 34.8 Å². The van der Waals surface area contributed by atoms with Gasteiger partial charge in [-0.2, -0.15) is 23.1 Å². The standard InChI is InChI=1S/C35H46N8O3.C2HF3O2/c1-2-12-29(44)39-27-21-28(32(46)31(27)45)43-23-38-30-33(40-35(41-34(30)43)36-17-20-42-18-10-5-11-19-42)37-22-26(24-13-6-3-7-14-24)25-15-8-4-9-16-25;3-2(4,5)1(6)7/h3-4,6-9,13-16,23,26-28,31-32,45-46H,2,5,10-12,17-22H2,1H3,(H,39,44)(H2,36,37,40,41);(H,6,7)/t27-,28+,31+,32-;/m0./s1.